The third-order valence-electron chi connectivity index (χ3n) is 5.19. The first-order valence-corrected chi connectivity index (χ1v) is 8.03. The Bertz CT molecular complexity index is 452. The summed E-state index contributed by atoms with van der Waals surface area (Å²) in [6.45, 7) is 3.13. The van der Waals surface area contributed by atoms with Crippen LogP contribution in [0.4, 0.5) is 0 Å². The molecule has 1 aliphatic carbocycles. The Hall–Kier alpha value is -1.06. The second-order valence-corrected chi connectivity index (χ2v) is 6.30. The van der Waals surface area contributed by atoms with Gasteiger partial charge in [-0.15, -0.1) is 0 Å². The lowest BCUT2D eigenvalue weighted by Gasteiger charge is -2.33. The number of nitrogens with two attached hydrogens (primary N) is 1. The second kappa shape index (κ2) is 6.15. The van der Waals surface area contributed by atoms with Crippen LogP contribution in [0.3, 0.4) is 0 Å². The minimum Gasteiger partial charge on any atom is -0.493 e. The molecule has 0 saturated heterocycles. The molecule has 3 heteroatoms. The number of benzene rings is 1. The van der Waals surface area contributed by atoms with E-state index < -0.39 is 0 Å². The number of hydrogen-bond acceptors (Lipinski definition) is 3. The van der Waals surface area contributed by atoms with Crippen molar-refractivity contribution in [3.05, 3.63) is 29.3 Å². The Labute approximate surface area is 121 Å². The van der Waals surface area contributed by atoms with Crippen LogP contribution in [0.1, 0.15) is 56.2 Å². The van der Waals surface area contributed by atoms with Crippen molar-refractivity contribution in [3.8, 4) is 5.75 Å². The first-order chi connectivity index (χ1) is 9.81. The van der Waals surface area contributed by atoms with Gasteiger partial charge < -0.3 is 4.74 Å². The quantitative estimate of drug-likeness (QED) is 0.654. The summed E-state index contributed by atoms with van der Waals surface area (Å²) in [6, 6.07) is 6.87. The summed E-state index contributed by atoms with van der Waals surface area (Å²) >= 11 is 0. The molecule has 0 radical (unpaired) electrons. The van der Waals surface area contributed by atoms with Crippen LogP contribution in [0.15, 0.2) is 18.2 Å². The average Bonchev–Trinajstić information content (AvgIpc) is 2.96. The summed E-state index contributed by atoms with van der Waals surface area (Å²) in [6.07, 6.45) is 7.65. The fraction of sp³-hybridized carbons (Fsp3) is 0.647. The second-order valence-electron chi connectivity index (χ2n) is 6.30. The summed E-state index contributed by atoms with van der Waals surface area (Å²) in [5.74, 6) is 8.52. The van der Waals surface area contributed by atoms with E-state index in [1.807, 2.05) is 0 Å². The summed E-state index contributed by atoms with van der Waals surface area (Å²) in [4.78, 5) is 0. The first-order valence-electron chi connectivity index (χ1n) is 8.03. The van der Waals surface area contributed by atoms with Crippen LogP contribution in [-0.2, 0) is 6.42 Å². The van der Waals surface area contributed by atoms with E-state index in [9.17, 15) is 0 Å². The van der Waals surface area contributed by atoms with Crippen LogP contribution in [0.2, 0.25) is 0 Å². The van der Waals surface area contributed by atoms with Crippen molar-refractivity contribution >= 4 is 0 Å². The Balaban J connectivity index is 1.73. The van der Waals surface area contributed by atoms with Crippen molar-refractivity contribution in [3.63, 3.8) is 0 Å². The Morgan fingerprint density at radius 3 is 2.80 bits per heavy atom. The molecule has 1 atom stereocenters. The van der Waals surface area contributed by atoms with Gasteiger partial charge in [-0.3, -0.25) is 11.3 Å². The summed E-state index contributed by atoms with van der Waals surface area (Å²) in [7, 11) is 0. The van der Waals surface area contributed by atoms with E-state index >= 15 is 0 Å². The molecule has 0 bridgehead atoms. The molecule has 1 fully saturated rings. The molecule has 1 aromatic rings. The molecule has 1 heterocycles. The van der Waals surface area contributed by atoms with Crippen molar-refractivity contribution < 1.29 is 4.74 Å². The maximum absolute atomic E-state index is 5.87. The van der Waals surface area contributed by atoms with Crippen LogP contribution in [0.5, 0.6) is 5.75 Å². The van der Waals surface area contributed by atoms with Gasteiger partial charge in [-0.25, -0.2) is 0 Å². The van der Waals surface area contributed by atoms with Gasteiger partial charge in [0, 0.05) is 12.5 Å². The third kappa shape index (κ3) is 2.70. The lowest BCUT2D eigenvalue weighted by Crippen LogP contribution is -2.35. The molecule has 1 aromatic carbocycles. The van der Waals surface area contributed by atoms with Gasteiger partial charge in [0.2, 0.25) is 0 Å². The zero-order chi connectivity index (χ0) is 13.9. The monoisotopic (exact) mass is 274 g/mol. The van der Waals surface area contributed by atoms with Crippen molar-refractivity contribution in [2.75, 3.05) is 6.61 Å². The lowest BCUT2D eigenvalue weighted by atomic mass is 9.76. The fourth-order valence-electron chi connectivity index (χ4n) is 3.83. The number of ether oxygens (including phenoxy) is 1. The van der Waals surface area contributed by atoms with Gasteiger partial charge in [-0.1, -0.05) is 38.3 Å². The topological polar surface area (TPSA) is 47.3 Å². The highest BCUT2D eigenvalue weighted by Crippen LogP contribution is 2.39. The molecule has 1 unspecified atom stereocenters. The van der Waals surface area contributed by atoms with Crippen LogP contribution in [-0.4, -0.2) is 6.61 Å². The summed E-state index contributed by atoms with van der Waals surface area (Å²) < 4.78 is 5.59. The maximum Gasteiger partial charge on any atom is 0.122 e. The highest BCUT2D eigenvalue weighted by Gasteiger charge is 2.28. The molecule has 0 spiro atoms. The number of rotatable bonds is 4. The molecule has 110 valence electrons. The number of hydrogen-bond donors (Lipinski definition) is 2. The molecular weight excluding hydrogens is 248 g/mol. The number of fused-ring (bicyclic) bond motifs is 1. The molecule has 1 aliphatic heterocycles. The largest absolute Gasteiger partial charge is 0.493 e. The molecule has 0 aromatic heterocycles. The van der Waals surface area contributed by atoms with Crippen molar-refractivity contribution in [1.29, 1.82) is 0 Å². The molecule has 3 nitrogen and oxygen atoms in total. The van der Waals surface area contributed by atoms with Gasteiger partial charge in [0.05, 0.1) is 6.61 Å². The van der Waals surface area contributed by atoms with Gasteiger partial charge in [0.15, 0.2) is 0 Å². The van der Waals surface area contributed by atoms with Crippen molar-refractivity contribution in [2.24, 2.45) is 17.7 Å². The Morgan fingerprint density at radius 2 is 2.10 bits per heavy atom. The predicted molar refractivity (Wildman–Crippen MR) is 81.4 cm³/mol. The zero-order valence-corrected chi connectivity index (χ0v) is 12.4. The van der Waals surface area contributed by atoms with E-state index in [0.717, 1.165) is 24.7 Å². The highest BCUT2D eigenvalue weighted by molar-refractivity contribution is 5.41. The van der Waals surface area contributed by atoms with Crippen LogP contribution in [0, 0.1) is 11.8 Å². The van der Waals surface area contributed by atoms with E-state index in [0.29, 0.717) is 12.0 Å². The highest BCUT2D eigenvalue weighted by atomic mass is 16.5. The van der Waals surface area contributed by atoms with E-state index in [2.05, 4.69) is 30.5 Å². The Morgan fingerprint density at radius 1 is 1.30 bits per heavy atom. The normalized spacial score (nSPS) is 26.9. The molecule has 1 saturated carbocycles. The van der Waals surface area contributed by atoms with Crippen molar-refractivity contribution in [1.82, 2.24) is 5.43 Å². The number of hydrazine groups is 1. The van der Waals surface area contributed by atoms with E-state index in [1.54, 1.807) is 0 Å². The molecule has 3 N–H and O–H groups in total. The van der Waals surface area contributed by atoms with Gasteiger partial charge in [-0.2, -0.15) is 0 Å². The lowest BCUT2D eigenvalue weighted by molar-refractivity contribution is 0.219. The minimum atomic E-state index is 0.290. The SMILES string of the molecule is CCC1CCC(C(NN)c2ccc3c(c2)CCO3)CC1. The van der Waals surface area contributed by atoms with Gasteiger partial charge in [-0.05, 0) is 41.9 Å². The zero-order valence-electron chi connectivity index (χ0n) is 12.4. The van der Waals surface area contributed by atoms with Crippen molar-refractivity contribution in [2.45, 2.75) is 51.5 Å². The summed E-state index contributed by atoms with van der Waals surface area (Å²) in [5.41, 5.74) is 5.74. The van der Waals surface area contributed by atoms with E-state index in [4.69, 9.17) is 10.6 Å². The molecule has 2 aliphatic rings. The van der Waals surface area contributed by atoms with E-state index in [-0.39, 0.29) is 0 Å². The average molecular weight is 274 g/mol. The smallest absolute Gasteiger partial charge is 0.122 e. The van der Waals surface area contributed by atoms with Gasteiger partial charge in [0.1, 0.15) is 5.75 Å². The van der Waals surface area contributed by atoms with Gasteiger partial charge in [0.25, 0.3) is 0 Å². The van der Waals surface area contributed by atoms with Crippen LogP contribution < -0.4 is 16.0 Å². The standard InChI is InChI=1S/C17H26N2O/c1-2-12-3-5-13(6-4-12)17(19-18)15-7-8-16-14(11-15)9-10-20-16/h7-8,11-13,17,19H,2-6,9-10,18H2,1H3. The van der Waals surface area contributed by atoms with Crippen LogP contribution >= 0.6 is 0 Å². The van der Waals surface area contributed by atoms with Gasteiger partial charge >= 0.3 is 0 Å². The fourth-order valence-corrected chi connectivity index (χ4v) is 3.83. The number of nitrogens with one attached hydrogen (secondary N) is 1. The molecule has 3 rings (SSSR count). The van der Waals surface area contributed by atoms with E-state index in [1.165, 1.54) is 43.2 Å². The predicted octanol–water partition coefficient (Wildman–Crippen LogP) is 3.34. The Kier molecular flexibility index (Phi) is 4.27. The molecule has 20 heavy (non-hydrogen) atoms. The summed E-state index contributed by atoms with van der Waals surface area (Å²) in [5, 5.41) is 0. The first kappa shape index (κ1) is 13.9. The minimum absolute atomic E-state index is 0.290. The molecule has 0 amide bonds. The maximum atomic E-state index is 5.87. The van der Waals surface area contributed by atoms with Crippen LogP contribution in [0.25, 0.3) is 0 Å². The third-order valence-corrected chi connectivity index (χ3v) is 5.19. The molecular formula is C17H26N2O.